The number of aryl methyl sites for hydroxylation is 1. The van der Waals surface area contributed by atoms with Crippen LogP contribution in [0.3, 0.4) is 0 Å². The van der Waals surface area contributed by atoms with Gasteiger partial charge in [0.15, 0.2) is 17.1 Å². The summed E-state index contributed by atoms with van der Waals surface area (Å²) in [7, 11) is 1.56. The average molecular weight is 369 g/mol. The molecule has 1 heterocycles. The van der Waals surface area contributed by atoms with Crippen LogP contribution in [0.25, 0.3) is 0 Å². The van der Waals surface area contributed by atoms with Crippen LogP contribution in [0.15, 0.2) is 42.5 Å². The smallest absolute Gasteiger partial charge is 0.264 e. The number of benzene rings is 2. The monoisotopic (exact) mass is 369 g/mol. The summed E-state index contributed by atoms with van der Waals surface area (Å²) in [6, 6.07) is 12.6. The molecule has 2 aromatic carbocycles. The van der Waals surface area contributed by atoms with E-state index >= 15 is 0 Å². The molecule has 27 heavy (non-hydrogen) atoms. The minimum absolute atomic E-state index is 0.218. The topological polar surface area (TPSA) is 76.1 Å². The molecule has 6 nitrogen and oxygen atoms in total. The predicted octanol–water partition coefficient (Wildman–Crippen LogP) is 2.60. The summed E-state index contributed by atoms with van der Waals surface area (Å²) in [5.74, 6) is 0.446. The molecule has 6 heteroatoms. The molecular weight excluding hydrogens is 346 g/mol. The Morgan fingerprint density at radius 1 is 1.15 bits per heavy atom. The molecule has 0 aromatic heterocycles. The number of methoxy groups -OCH3 is 1. The molecule has 1 aliphatic heterocycles. The zero-order valence-corrected chi connectivity index (χ0v) is 15.7. The molecule has 0 saturated heterocycles. The highest BCUT2D eigenvalue weighted by atomic mass is 16.5. The summed E-state index contributed by atoms with van der Waals surface area (Å²) in [4.78, 5) is 26.1. The van der Waals surface area contributed by atoms with Crippen LogP contribution in [-0.4, -0.2) is 37.1 Å². The second-order valence-corrected chi connectivity index (χ2v) is 6.67. The number of hydrogen-bond donors (Lipinski definition) is 1. The van der Waals surface area contributed by atoms with Crippen molar-refractivity contribution < 1.29 is 24.2 Å². The first-order valence-electron chi connectivity index (χ1n) is 8.78. The van der Waals surface area contributed by atoms with Gasteiger partial charge < -0.3 is 19.5 Å². The van der Waals surface area contributed by atoms with Crippen molar-refractivity contribution in [1.82, 2.24) is 0 Å². The van der Waals surface area contributed by atoms with Crippen LogP contribution in [0.2, 0.25) is 0 Å². The van der Waals surface area contributed by atoms with Crippen LogP contribution in [0, 0.1) is 6.92 Å². The van der Waals surface area contributed by atoms with E-state index in [-0.39, 0.29) is 25.4 Å². The SMILES string of the molecule is COc1ccccc1OCCN1C(=O)[C@](O)(CC(C)=O)c2cccc(C)c21. The van der Waals surface area contributed by atoms with Gasteiger partial charge in [-0.15, -0.1) is 0 Å². The van der Waals surface area contributed by atoms with Gasteiger partial charge in [0, 0.05) is 12.0 Å². The lowest BCUT2D eigenvalue weighted by atomic mass is 9.89. The second kappa shape index (κ2) is 7.40. The second-order valence-electron chi connectivity index (χ2n) is 6.67. The largest absolute Gasteiger partial charge is 0.493 e. The Balaban J connectivity index is 1.84. The Morgan fingerprint density at radius 3 is 2.52 bits per heavy atom. The van der Waals surface area contributed by atoms with Crippen LogP contribution in [0.5, 0.6) is 11.5 Å². The van der Waals surface area contributed by atoms with Crippen LogP contribution >= 0.6 is 0 Å². The lowest BCUT2D eigenvalue weighted by molar-refractivity contribution is -0.141. The van der Waals surface area contributed by atoms with Crippen molar-refractivity contribution in [3.05, 3.63) is 53.6 Å². The molecule has 0 unspecified atom stereocenters. The number of rotatable bonds is 7. The molecule has 1 atom stereocenters. The first-order chi connectivity index (χ1) is 12.9. The number of aliphatic hydroxyl groups is 1. The number of amides is 1. The third kappa shape index (κ3) is 3.40. The highest BCUT2D eigenvalue weighted by Gasteiger charge is 2.50. The van der Waals surface area contributed by atoms with Gasteiger partial charge in [0.05, 0.1) is 19.3 Å². The Bertz CT molecular complexity index is 879. The predicted molar refractivity (Wildman–Crippen MR) is 101 cm³/mol. The van der Waals surface area contributed by atoms with E-state index in [4.69, 9.17) is 9.47 Å². The number of para-hydroxylation sites is 3. The van der Waals surface area contributed by atoms with Crippen LogP contribution in [0.1, 0.15) is 24.5 Å². The van der Waals surface area contributed by atoms with E-state index in [1.54, 1.807) is 31.4 Å². The van der Waals surface area contributed by atoms with Gasteiger partial charge in [-0.2, -0.15) is 0 Å². The molecule has 1 N–H and O–H groups in total. The quantitative estimate of drug-likeness (QED) is 0.812. The van der Waals surface area contributed by atoms with Gasteiger partial charge in [-0.1, -0.05) is 30.3 Å². The van der Waals surface area contributed by atoms with E-state index in [0.717, 1.165) is 5.56 Å². The number of ketones is 1. The summed E-state index contributed by atoms with van der Waals surface area (Å²) in [6.07, 6.45) is -0.244. The fourth-order valence-corrected chi connectivity index (χ4v) is 3.52. The van der Waals surface area contributed by atoms with Gasteiger partial charge in [0.25, 0.3) is 5.91 Å². The molecule has 1 aliphatic rings. The van der Waals surface area contributed by atoms with Gasteiger partial charge in [-0.25, -0.2) is 0 Å². The Kier molecular flexibility index (Phi) is 5.19. The third-order valence-corrected chi connectivity index (χ3v) is 4.70. The number of ether oxygens (including phenoxy) is 2. The number of carbonyl (C=O) groups is 2. The Labute approximate surface area is 158 Å². The maximum Gasteiger partial charge on any atom is 0.264 e. The number of fused-ring (bicyclic) bond motifs is 1. The molecule has 0 aliphatic carbocycles. The van der Waals surface area contributed by atoms with E-state index in [1.807, 2.05) is 25.1 Å². The average Bonchev–Trinajstić information content (AvgIpc) is 2.84. The standard InChI is InChI=1S/C21H23NO5/c1-14-7-6-8-16-19(14)22(20(24)21(16,25)13-15(2)23)11-12-27-18-10-5-4-9-17(18)26-3/h4-10,25H,11-13H2,1-3H3/t21-/m0/s1. The minimum atomic E-state index is -1.82. The summed E-state index contributed by atoms with van der Waals surface area (Å²) in [6.45, 7) is 3.71. The van der Waals surface area contributed by atoms with Gasteiger partial charge in [-0.05, 0) is 31.5 Å². The van der Waals surface area contributed by atoms with Gasteiger partial charge in [0.2, 0.25) is 0 Å². The normalized spacial score (nSPS) is 18.4. The lowest BCUT2D eigenvalue weighted by Gasteiger charge is -2.22. The molecular formula is C21H23NO5. The van der Waals surface area contributed by atoms with E-state index < -0.39 is 11.5 Å². The van der Waals surface area contributed by atoms with E-state index in [9.17, 15) is 14.7 Å². The summed E-state index contributed by atoms with van der Waals surface area (Å²) in [5, 5.41) is 11.0. The molecule has 0 saturated carbocycles. The molecule has 2 aromatic rings. The van der Waals surface area contributed by atoms with Crippen molar-refractivity contribution in [1.29, 1.82) is 0 Å². The molecule has 0 fully saturated rings. The van der Waals surface area contributed by atoms with Gasteiger partial charge in [0.1, 0.15) is 12.4 Å². The van der Waals surface area contributed by atoms with Gasteiger partial charge in [-0.3, -0.25) is 9.59 Å². The highest BCUT2D eigenvalue weighted by Crippen LogP contribution is 2.44. The number of carbonyl (C=O) groups excluding carboxylic acids is 2. The van der Waals surface area contributed by atoms with E-state index in [0.29, 0.717) is 22.7 Å². The molecule has 142 valence electrons. The molecule has 1 amide bonds. The van der Waals surface area contributed by atoms with Crippen LogP contribution in [-0.2, 0) is 15.2 Å². The molecule has 3 rings (SSSR count). The van der Waals surface area contributed by atoms with Crippen molar-refractivity contribution in [2.45, 2.75) is 25.9 Å². The van der Waals surface area contributed by atoms with Crippen molar-refractivity contribution >= 4 is 17.4 Å². The molecule has 0 radical (unpaired) electrons. The third-order valence-electron chi connectivity index (χ3n) is 4.70. The summed E-state index contributed by atoms with van der Waals surface area (Å²) in [5.41, 5.74) is 0.157. The van der Waals surface area contributed by atoms with E-state index in [2.05, 4.69) is 0 Å². The number of nitrogens with zero attached hydrogens (tertiary/aromatic N) is 1. The first kappa shape index (κ1) is 18.9. The maximum atomic E-state index is 13.0. The zero-order valence-electron chi connectivity index (χ0n) is 15.7. The van der Waals surface area contributed by atoms with Crippen molar-refractivity contribution in [3.63, 3.8) is 0 Å². The number of anilines is 1. The number of Topliss-reactive ketones (excluding diaryl/α,β-unsaturated/α-hetero) is 1. The Hall–Kier alpha value is -2.86. The minimum Gasteiger partial charge on any atom is -0.493 e. The molecule has 0 spiro atoms. The van der Waals surface area contributed by atoms with Crippen LogP contribution in [0.4, 0.5) is 5.69 Å². The zero-order chi connectivity index (χ0) is 19.6. The highest BCUT2D eigenvalue weighted by molar-refractivity contribution is 6.09. The fourth-order valence-electron chi connectivity index (χ4n) is 3.52. The van der Waals surface area contributed by atoms with Crippen molar-refractivity contribution in [3.8, 4) is 11.5 Å². The first-order valence-corrected chi connectivity index (χ1v) is 8.78. The van der Waals surface area contributed by atoms with Gasteiger partial charge >= 0.3 is 0 Å². The molecule has 0 bridgehead atoms. The summed E-state index contributed by atoms with van der Waals surface area (Å²) >= 11 is 0. The van der Waals surface area contributed by atoms with Crippen molar-refractivity contribution in [2.24, 2.45) is 0 Å². The fraction of sp³-hybridized carbons (Fsp3) is 0.333. The van der Waals surface area contributed by atoms with Crippen LogP contribution < -0.4 is 14.4 Å². The number of hydrogen-bond acceptors (Lipinski definition) is 5. The Morgan fingerprint density at radius 2 is 1.85 bits per heavy atom. The van der Waals surface area contributed by atoms with Crippen molar-refractivity contribution in [2.75, 3.05) is 25.2 Å². The maximum absolute atomic E-state index is 13.0. The van der Waals surface area contributed by atoms with E-state index in [1.165, 1.54) is 11.8 Å². The summed E-state index contributed by atoms with van der Waals surface area (Å²) < 4.78 is 11.0. The lowest BCUT2D eigenvalue weighted by Crippen LogP contribution is -2.43.